The molecule has 3 rings (SSSR count). The number of guanidine groups is 1. The van der Waals surface area contributed by atoms with Crippen LogP contribution in [-0.2, 0) is 6.54 Å². The van der Waals surface area contributed by atoms with Crippen LogP contribution in [0.15, 0.2) is 46.5 Å². The van der Waals surface area contributed by atoms with Crippen LogP contribution in [0.3, 0.4) is 0 Å². The van der Waals surface area contributed by atoms with Crippen LogP contribution in [0.1, 0.15) is 5.56 Å². The average Bonchev–Trinajstić information content (AvgIpc) is 2.26. The minimum absolute atomic E-state index is 0.784. The highest BCUT2D eigenvalue weighted by atomic mass is 15.3. The molecule has 2 heterocycles. The first-order valence-electron chi connectivity index (χ1n) is 4.57. The van der Waals surface area contributed by atoms with Gasteiger partial charge in [-0.25, -0.2) is 9.98 Å². The number of para-hydroxylation sites is 1. The summed E-state index contributed by atoms with van der Waals surface area (Å²) in [5.74, 6) is 0.784. The predicted molar refractivity (Wildman–Crippen MR) is 56.7 cm³/mol. The van der Waals surface area contributed by atoms with Crippen LogP contribution in [-0.4, -0.2) is 17.1 Å². The summed E-state index contributed by atoms with van der Waals surface area (Å²) in [4.78, 5) is 10.7. The van der Waals surface area contributed by atoms with Crippen molar-refractivity contribution in [3.05, 3.63) is 42.1 Å². The van der Waals surface area contributed by atoms with E-state index in [1.165, 1.54) is 5.56 Å². The van der Waals surface area contributed by atoms with E-state index in [-0.39, 0.29) is 0 Å². The molecule has 2 aliphatic heterocycles. The van der Waals surface area contributed by atoms with Crippen LogP contribution in [0.5, 0.6) is 0 Å². The zero-order chi connectivity index (χ0) is 9.38. The highest BCUT2D eigenvalue weighted by Crippen LogP contribution is 2.26. The Balaban J connectivity index is 2.13. The van der Waals surface area contributed by atoms with E-state index >= 15 is 0 Å². The number of fused-ring (bicyclic) bond motifs is 2. The second-order valence-corrected chi connectivity index (χ2v) is 3.29. The molecule has 3 heteroatoms. The van der Waals surface area contributed by atoms with E-state index in [0.717, 1.165) is 18.2 Å². The maximum absolute atomic E-state index is 4.46. The molecule has 0 amide bonds. The monoisotopic (exact) mass is 183 g/mol. The van der Waals surface area contributed by atoms with Crippen molar-refractivity contribution in [1.29, 1.82) is 0 Å². The van der Waals surface area contributed by atoms with Gasteiger partial charge < -0.3 is 4.90 Å². The molecule has 0 fully saturated rings. The lowest BCUT2D eigenvalue weighted by atomic mass is 10.1. The molecular formula is C11H9N3. The van der Waals surface area contributed by atoms with Gasteiger partial charge in [-0.1, -0.05) is 18.2 Å². The van der Waals surface area contributed by atoms with Gasteiger partial charge in [0.05, 0.1) is 12.2 Å². The van der Waals surface area contributed by atoms with Crippen LogP contribution < -0.4 is 0 Å². The molecule has 0 unspecified atom stereocenters. The van der Waals surface area contributed by atoms with Crippen molar-refractivity contribution in [2.24, 2.45) is 9.98 Å². The fraction of sp³-hybridized carbons (Fsp3) is 0.0909. The number of hydrogen-bond acceptors (Lipinski definition) is 3. The van der Waals surface area contributed by atoms with E-state index in [2.05, 4.69) is 16.1 Å². The molecular weight excluding hydrogens is 174 g/mol. The maximum Gasteiger partial charge on any atom is 0.230 e. The Bertz CT molecular complexity index is 457. The largest absolute Gasteiger partial charge is 0.313 e. The third-order valence-electron chi connectivity index (χ3n) is 2.35. The standard InChI is InChI=1S/C11H9N3/c1-2-5-10-9(4-1)8-14-7-3-6-12-11(14)13-10/h1-7H,8H2. The molecule has 0 aromatic heterocycles. The van der Waals surface area contributed by atoms with E-state index in [1.54, 1.807) is 6.21 Å². The highest BCUT2D eigenvalue weighted by molar-refractivity contribution is 5.96. The van der Waals surface area contributed by atoms with Gasteiger partial charge in [-0.3, -0.25) is 0 Å². The van der Waals surface area contributed by atoms with Crippen LogP contribution in [0, 0.1) is 0 Å². The minimum Gasteiger partial charge on any atom is -0.313 e. The third-order valence-corrected chi connectivity index (χ3v) is 2.35. The lowest BCUT2D eigenvalue weighted by Crippen LogP contribution is -2.28. The second-order valence-electron chi connectivity index (χ2n) is 3.29. The summed E-state index contributed by atoms with van der Waals surface area (Å²) in [5, 5.41) is 0. The van der Waals surface area contributed by atoms with Crippen molar-refractivity contribution in [1.82, 2.24) is 4.90 Å². The molecule has 3 nitrogen and oxygen atoms in total. The molecule has 1 aromatic carbocycles. The Morgan fingerprint density at radius 3 is 3.14 bits per heavy atom. The molecule has 2 aliphatic rings. The summed E-state index contributed by atoms with van der Waals surface area (Å²) in [6.45, 7) is 0.864. The zero-order valence-electron chi connectivity index (χ0n) is 7.59. The van der Waals surface area contributed by atoms with Crippen LogP contribution in [0.2, 0.25) is 0 Å². The van der Waals surface area contributed by atoms with Crippen molar-refractivity contribution < 1.29 is 0 Å². The molecule has 0 saturated carbocycles. The van der Waals surface area contributed by atoms with Gasteiger partial charge in [0.2, 0.25) is 5.96 Å². The molecule has 0 atom stereocenters. The predicted octanol–water partition coefficient (Wildman–Crippen LogP) is 2.09. The fourth-order valence-corrected chi connectivity index (χ4v) is 1.65. The first-order chi connectivity index (χ1) is 6.93. The van der Waals surface area contributed by atoms with Gasteiger partial charge in [0.1, 0.15) is 0 Å². The molecule has 68 valence electrons. The SMILES string of the molecule is C1=CN2Cc3ccccc3N=C2N=C1. The molecule has 0 spiro atoms. The Morgan fingerprint density at radius 1 is 1.21 bits per heavy atom. The fourth-order valence-electron chi connectivity index (χ4n) is 1.65. The van der Waals surface area contributed by atoms with Gasteiger partial charge in [-0.2, -0.15) is 0 Å². The van der Waals surface area contributed by atoms with Gasteiger partial charge in [-0.15, -0.1) is 0 Å². The minimum atomic E-state index is 0.784. The van der Waals surface area contributed by atoms with E-state index < -0.39 is 0 Å². The van der Waals surface area contributed by atoms with Gasteiger partial charge in [0, 0.05) is 12.4 Å². The Hall–Kier alpha value is -1.90. The van der Waals surface area contributed by atoms with Gasteiger partial charge in [0.15, 0.2) is 0 Å². The summed E-state index contributed by atoms with van der Waals surface area (Å²) in [6, 6.07) is 8.16. The van der Waals surface area contributed by atoms with Crippen LogP contribution >= 0.6 is 0 Å². The normalized spacial score (nSPS) is 17.4. The Morgan fingerprint density at radius 2 is 2.14 bits per heavy atom. The number of allylic oxidation sites excluding steroid dienone is 1. The van der Waals surface area contributed by atoms with E-state index in [4.69, 9.17) is 0 Å². The maximum atomic E-state index is 4.46. The van der Waals surface area contributed by atoms with Crippen molar-refractivity contribution in [3.8, 4) is 0 Å². The van der Waals surface area contributed by atoms with Crippen LogP contribution in [0.4, 0.5) is 5.69 Å². The number of rotatable bonds is 0. The number of nitrogens with zero attached hydrogens (tertiary/aromatic N) is 3. The lowest BCUT2D eigenvalue weighted by Gasteiger charge is -2.25. The first kappa shape index (κ1) is 7.50. The zero-order valence-corrected chi connectivity index (χ0v) is 7.59. The number of aliphatic imine (C=N–C) groups is 2. The average molecular weight is 183 g/mol. The summed E-state index contributed by atoms with van der Waals surface area (Å²) in [7, 11) is 0. The molecule has 0 N–H and O–H groups in total. The quantitative estimate of drug-likeness (QED) is 0.605. The van der Waals surface area contributed by atoms with Crippen LogP contribution in [0.25, 0.3) is 0 Å². The summed E-state index contributed by atoms with van der Waals surface area (Å²) >= 11 is 0. The second kappa shape index (κ2) is 2.80. The van der Waals surface area contributed by atoms with Gasteiger partial charge in [0.25, 0.3) is 0 Å². The Labute approximate surface area is 82.1 Å². The van der Waals surface area contributed by atoms with Crippen molar-refractivity contribution in [2.75, 3.05) is 0 Å². The van der Waals surface area contributed by atoms with Gasteiger partial charge >= 0.3 is 0 Å². The van der Waals surface area contributed by atoms with E-state index in [0.29, 0.717) is 0 Å². The highest BCUT2D eigenvalue weighted by Gasteiger charge is 2.17. The number of benzene rings is 1. The third kappa shape index (κ3) is 1.06. The molecule has 0 aliphatic carbocycles. The lowest BCUT2D eigenvalue weighted by molar-refractivity contribution is 0.536. The van der Waals surface area contributed by atoms with Crippen molar-refractivity contribution in [3.63, 3.8) is 0 Å². The number of hydrogen-bond donors (Lipinski definition) is 0. The Kier molecular flexibility index (Phi) is 1.50. The topological polar surface area (TPSA) is 28.0 Å². The summed E-state index contributed by atoms with van der Waals surface area (Å²) in [5.41, 5.74) is 2.28. The summed E-state index contributed by atoms with van der Waals surface area (Å²) < 4.78 is 0. The molecule has 1 aromatic rings. The van der Waals surface area contributed by atoms with E-state index in [9.17, 15) is 0 Å². The smallest absolute Gasteiger partial charge is 0.230 e. The molecule has 14 heavy (non-hydrogen) atoms. The molecule has 0 bridgehead atoms. The first-order valence-corrected chi connectivity index (χ1v) is 4.57. The van der Waals surface area contributed by atoms with Gasteiger partial charge in [-0.05, 0) is 17.7 Å². The van der Waals surface area contributed by atoms with Crippen molar-refractivity contribution >= 4 is 17.9 Å². The molecule has 0 saturated heterocycles. The van der Waals surface area contributed by atoms with Crippen molar-refractivity contribution in [2.45, 2.75) is 6.54 Å². The van der Waals surface area contributed by atoms with E-state index in [1.807, 2.05) is 35.4 Å². The molecule has 0 radical (unpaired) electrons. The summed E-state index contributed by atoms with van der Waals surface area (Å²) in [6.07, 6.45) is 5.69.